The van der Waals surface area contributed by atoms with Gasteiger partial charge < -0.3 is 28.4 Å². The summed E-state index contributed by atoms with van der Waals surface area (Å²) in [6.45, 7) is 6.78. The van der Waals surface area contributed by atoms with Crippen molar-refractivity contribution in [3.05, 3.63) is 333 Å². The third-order valence-electron chi connectivity index (χ3n) is 21.7. The molecule has 0 amide bonds. The summed E-state index contributed by atoms with van der Waals surface area (Å²) < 4.78 is 20.3. The van der Waals surface area contributed by atoms with E-state index in [-0.39, 0.29) is 12.1 Å². The van der Waals surface area contributed by atoms with Crippen LogP contribution in [0.4, 0.5) is 34.1 Å². The number of nitrogens with zero attached hydrogens (tertiary/aromatic N) is 4. The largest absolute Gasteiger partial charge is 0.456 e. The summed E-state index contributed by atoms with van der Waals surface area (Å²) in [7, 11) is 0. The van der Waals surface area contributed by atoms with Gasteiger partial charge in [-0.05, 0) is 147 Å². The number of ether oxygens (including phenoxy) is 2. The van der Waals surface area contributed by atoms with Gasteiger partial charge in [-0.3, -0.25) is 0 Å². The molecule has 17 aromatic rings. The summed E-state index contributed by atoms with van der Waals surface area (Å²) in [6.07, 6.45) is 0. The Bertz CT molecular complexity index is 5870. The molecule has 6 nitrogen and oxygen atoms in total. The first-order valence-corrected chi connectivity index (χ1v) is 35.0. The molecule has 0 bridgehead atoms. The predicted octanol–water partition coefficient (Wildman–Crippen LogP) is 23.5. The van der Waals surface area contributed by atoms with Crippen LogP contribution in [-0.4, -0.2) is 15.8 Å². The van der Waals surface area contributed by atoms with Crippen molar-refractivity contribution >= 4 is 101 Å². The van der Waals surface area contributed by atoms with E-state index in [1.54, 1.807) is 0 Å². The molecule has 0 atom stereocenters. The molecule has 101 heavy (non-hydrogen) atoms. The maximum absolute atomic E-state index is 7.61. The fourth-order valence-corrected chi connectivity index (χ4v) is 17.2. The quantitative estimate of drug-likeness (QED) is 0.165. The lowest BCUT2D eigenvalue weighted by molar-refractivity contribution is 0.486. The van der Waals surface area contributed by atoms with Crippen LogP contribution in [0.15, 0.2) is 328 Å². The van der Waals surface area contributed by atoms with Crippen molar-refractivity contribution in [3.8, 4) is 101 Å². The molecule has 6 heterocycles. The zero-order valence-corrected chi connectivity index (χ0v) is 55.9. The van der Waals surface area contributed by atoms with Gasteiger partial charge in [0.1, 0.15) is 23.0 Å². The van der Waals surface area contributed by atoms with Crippen LogP contribution in [0.2, 0.25) is 0 Å². The molecule has 0 saturated carbocycles. The highest BCUT2D eigenvalue weighted by Gasteiger charge is 2.49. The van der Waals surface area contributed by atoms with Crippen molar-refractivity contribution < 1.29 is 9.47 Å². The second-order valence-electron chi connectivity index (χ2n) is 28.2. The van der Waals surface area contributed by atoms with Crippen LogP contribution >= 0.6 is 0 Å². The molecule has 0 spiro atoms. The Kier molecular flexibility index (Phi) is 12.4. The number of benzene rings is 15. The molecule has 474 valence electrons. The van der Waals surface area contributed by atoms with E-state index in [9.17, 15) is 0 Å². The lowest BCUT2D eigenvalue weighted by Crippen LogP contribution is -2.62. The highest BCUT2D eigenvalue weighted by molar-refractivity contribution is 7.00. The number of aromatic nitrogens is 2. The molecule has 0 N–H and O–H groups in total. The normalized spacial score (nSPS) is 13.0. The van der Waals surface area contributed by atoms with Crippen LogP contribution in [0, 0.1) is 0 Å². The van der Waals surface area contributed by atoms with Gasteiger partial charge in [-0.1, -0.05) is 251 Å². The van der Waals surface area contributed by atoms with Crippen molar-refractivity contribution in [2.45, 2.75) is 26.2 Å². The molecule has 0 aliphatic carbocycles. The molecule has 21 rings (SSSR count). The third kappa shape index (κ3) is 8.47. The Morgan fingerprint density at radius 3 is 0.980 bits per heavy atom. The molecule has 7 heteroatoms. The van der Waals surface area contributed by atoms with E-state index in [1.165, 1.54) is 43.5 Å². The Morgan fingerprint density at radius 1 is 0.267 bits per heavy atom. The van der Waals surface area contributed by atoms with Crippen LogP contribution in [0.1, 0.15) is 26.3 Å². The summed E-state index contributed by atoms with van der Waals surface area (Å²) in [5.41, 5.74) is 30.1. The van der Waals surface area contributed by atoms with Gasteiger partial charge in [-0.2, -0.15) is 0 Å². The van der Waals surface area contributed by atoms with E-state index >= 15 is 0 Å². The number of hydrogen-bond acceptors (Lipinski definition) is 4. The minimum absolute atomic E-state index is 0.353. The Morgan fingerprint density at radius 2 is 0.594 bits per heavy atom. The second kappa shape index (κ2) is 21.8. The van der Waals surface area contributed by atoms with Crippen LogP contribution in [0.3, 0.4) is 0 Å². The molecule has 0 unspecified atom stereocenters. The average molecular weight is 1290 g/mol. The minimum Gasteiger partial charge on any atom is -0.456 e. The van der Waals surface area contributed by atoms with Crippen LogP contribution in [-0.2, 0) is 5.41 Å². The predicted molar refractivity (Wildman–Crippen MR) is 421 cm³/mol. The van der Waals surface area contributed by atoms with Crippen molar-refractivity contribution in [2.24, 2.45) is 0 Å². The second-order valence-corrected chi connectivity index (χ2v) is 28.2. The zero-order valence-electron chi connectivity index (χ0n) is 55.9. The lowest BCUT2D eigenvalue weighted by atomic mass is 9.33. The number of fused-ring (bicyclic) bond motifs is 22. The maximum atomic E-state index is 7.61. The van der Waals surface area contributed by atoms with E-state index in [0.29, 0.717) is 0 Å². The van der Waals surface area contributed by atoms with Crippen LogP contribution in [0.5, 0.6) is 23.0 Å². The number of rotatable bonds is 4. The molecule has 15 aromatic carbocycles. The first-order valence-electron chi connectivity index (χ1n) is 35.0. The van der Waals surface area contributed by atoms with Crippen molar-refractivity contribution in [1.29, 1.82) is 0 Å². The molecule has 0 radical (unpaired) electrons. The number of hydrogen-bond donors (Lipinski definition) is 0. The first kappa shape index (κ1) is 57.3. The zero-order chi connectivity index (χ0) is 66.8. The van der Waals surface area contributed by atoms with E-state index in [4.69, 9.17) is 9.47 Å². The highest BCUT2D eigenvalue weighted by atomic mass is 16.5. The fourth-order valence-electron chi connectivity index (χ4n) is 17.2. The third-order valence-corrected chi connectivity index (χ3v) is 21.7. The smallest absolute Gasteiger partial charge is 0.252 e. The lowest BCUT2D eigenvalue weighted by Gasteiger charge is -2.47. The van der Waals surface area contributed by atoms with E-state index in [1.807, 2.05) is 0 Å². The summed E-state index contributed by atoms with van der Waals surface area (Å²) in [5.74, 6) is 3.07. The van der Waals surface area contributed by atoms with E-state index in [0.717, 1.165) is 157 Å². The minimum atomic E-state index is -0.364. The summed E-state index contributed by atoms with van der Waals surface area (Å²) in [4.78, 5) is 5.38. The van der Waals surface area contributed by atoms with Crippen molar-refractivity contribution in [2.75, 3.05) is 9.80 Å². The average Bonchev–Trinajstić information content (AvgIpc) is 0.890. The monoisotopic (exact) mass is 1290 g/mol. The van der Waals surface area contributed by atoms with Gasteiger partial charge in [0.25, 0.3) is 6.71 Å². The molecule has 0 fully saturated rings. The molecule has 2 aromatic heterocycles. The standard InChI is InChI=1S/C94H63BN4O2/c1-94(2,3)62-56-83-91-84(57-62)99-80-51-47-61(59-28-8-5-9-29-59)55-72(80)68-35-15-23-43-86(68)101-88-45-25-17-37-70(88)90-82(97-77-40-20-12-32-65(77)66-33-13-21-41-78(66)97)53-49-74(93(90)99)95(91)73-48-52-81(96-75-38-18-10-30-63(75)64-31-11-19-39-76(64)96)89-69-36-16-24-44-87(69)100-85-42-22-14-34-67(85)71-54-60(58-26-6-4-7-27-58)46-50-79(71)98(83)92(73)89/h4-57H,1-3H3. The number of para-hydroxylation sites is 8. The Balaban J connectivity index is 0.983. The van der Waals surface area contributed by atoms with Gasteiger partial charge >= 0.3 is 0 Å². The highest BCUT2D eigenvalue weighted by Crippen LogP contribution is 2.59. The Hall–Kier alpha value is -12.8. The molecule has 4 aliphatic heterocycles. The summed E-state index contributed by atoms with van der Waals surface area (Å²) in [5, 5.41) is 4.76. The van der Waals surface area contributed by atoms with Gasteiger partial charge in [-0.25, -0.2) is 0 Å². The van der Waals surface area contributed by atoms with Crippen molar-refractivity contribution in [3.63, 3.8) is 0 Å². The van der Waals surface area contributed by atoms with Crippen LogP contribution in [0.25, 0.3) is 122 Å². The Labute approximate surface area is 586 Å². The van der Waals surface area contributed by atoms with Gasteiger partial charge in [0.2, 0.25) is 0 Å². The van der Waals surface area contributed by atoms with Gasteiger partial charge in [0.05, 0.1) is 56.2 Å². The topological polar surface area (TPSA) is 34.8 Å². The van der Waals surface area contributed by atoms with Crippen LogP contribution < -0.4 is 35.7 Å². The molecular weight excluding hydrogens is 1230 g/mol. The fraction of sp³-hybridized carbons (Fsp3) is 0.0426. The van der Waals surface area contributed by atoms with Crippen molar-refractivity contribution in [1.82, 2.24) is 9.13 Å². The molecule has 4 aliphatic rings. The molecular formula is C94H63BN4O2. The number of anilines is 6. The molecule has 0 saturated heterocycles. The first-order chi connectivity index (χ1) is 49.8. The summed E-state index contributed by atoms with van der Waals surface area (Å²) >= 11 is 0. The van der Waals surface area contributed by atoms with Gasteiger partial charge in [0, 0.05) is 77.4 Å². The van der Waals surface area contributed by atoms with E-state index < -0.39 is 0 Å². The summed E-state index contributed by atoms with van der Waals surface area (Å²) in [6, 6.07) is 121. The maximum Gasteiger partial charge on any atom is 0.252 e. The SMILES string of the molecule is CC(C)(C)c1cc2c3c(c1)N1c4ccc(-c5ccccc5)cc4-c4ccccc4Oc4ccccc4-c4c(-n5c6ccccc6c6ccccc65)ccc(c41)B3c1ccc(-n3c4ccccc4c4ccccc43)c3c1N2c1ccc(-c2ccccc2)cc1-c1ccccc1Oc1ccccc1-3. The van der Waals surface area contributed by atoms with Gasteiger partial charge in [0.15, 0.2) is 0 Å². The van der Waals surface area contributed by atoms with E-state index in [2.05, 4.69) is 367 Å². The van der Waals surface area contributed by atoms with Gasteiger partial charge in [-0.15, -0.1) is 0 Å².